The largest absolute Gasteiger partial charge is 0.349 e. The third-order valence-electron chi connectivity index (χ3n) is 3.98. The number of rotatable bonds is 5. The summed E-state index contributed by atoms with van der Waals surface area (Å²) in [6, 6.07) is 8.49. The number of carbonyl (C=O) groups excluding carboxylic acids is 1. The predicted molar refractivity (Wildman–Crippen MR) is 79.4 cm³/mol. The van der Waals surface area contributed by atoms with E-state index in [1.165, 1.54) is 37.7 Å². The van der Waals surface area contributed by atoms with Gasteiger partial charge in [-0.15, -0.1) is 0 Å². The highest BCUT2D eigenvalue weighted by Crippen LogP contribution is 2.18. The molecule has 1 aromatic rings. The summed E-state index contributed by atoms with van der Waals surface area (Å²) in [6.45, 7) is 2.20. The van der Waals surface area contributed by atoms with E-state index in [4.69, 9.17) is 0 Å². The Hall–Kier alpha value is -1.31. The van der Waals surface area contributed by atoms with Gasteiger partial charge in [-0.05, 0) is 43.4 Å². The van der Waals surface area contributed by atoms with Crippen LogP contribution in [0.4, 0.5) is 0 Å². The molecule has 1 saturated carbocycles. The summed E-state index contributed by atoms with van der Waals surface area (Å²) in [6.07, 6.45) is 9.64. The lowest BCUT2D eigenvalue weighted by Gasteiger charge is -2.22. The smallest absolute Gasteiger partial charge is 0.251 e. The second-order valence-corrected chi connectivity index (χ2v) is 5.61. The fourth-order valence-electron chi connectivity index (χ4n) is 2.72. The van der Waals surface area contributed by atoms with Gasteiger partial charge in [0.15, 0.2) is 0 Å². The van der Waals surface area contributed by atoms with E-state index in [0.29, 0.717) is 6.04 Å². The minimum Gasteiger partial charge on any atom is -0.349 e. The average Bonchev–Trinajstić information content (AvgIpc) is 2.46. The number of benzene rings is 1. The zero-order valence-electron chi connectivity index (χ0n) is 12.0. The van der Waals surface area contributed by atoms with Crippen LogP contribution in [0.3, 0.4) is 0 Å². The molecule has 2 nitrogen and oxygen atoms in total. The highest BCUT2D eigenvalue weighted by molar-refractivity contribution is 5.94. The van der Waals surface area contributed by atoms with Crippen molar-refractivity contribution >= 4 is 5.91 Å². The van der Waals surface area contributed by atoms with Gasteiger partial charge in [0.25, 0.3) is 5.91 Å². The van der Waals surface area contributed by atoms with Crippen LogP contribution in [-0.4, -0.2) is 11.9 Å². The van der Waals surface area contributed by atoms with Crippen LogP contribution in [0.25, 0.3) is 0 Å². The van der Waals surface area contributed by atoms with Crippen molar-refractivity contribution in [1.82, 2.24) is 5.32 Å². The zero-order chi connectivity index (χ0) is 13.5. The lowest BCUT2D eigenvalue weighted by atomic mass is 9.95. The van der Waals surface area contributed by atoms with Crippen LogP contribution < -0.4 is 5.32 Å². The summed E-state index contributed by atoms with van der Waals surface area (Å²) in [5.41, 5.74) is 2.13. The highest BCUT2D eigenvalue weighted by atomic mass is 16.1. The third-order valence-corrected chi connectivity index (χ3v) is 3.98. The fourth-order valence-corrected chi connectivity index (χ4v) is 2.72. The number of carbonyl (C=O) groups is 1. The molecule has 0 saturated heterocycles. The lowest BCUT2D eigenvalue weighted by molar-refractivity contribution is 0.0927. The van der Waals surface area contributed by atoms with Crippen LogP contribution in [0.15, 0.2) is 24.3 Å². The maximum absolute atomic E-state index is 12.1. The molecule has 0 aromatic heterocycles. The second kappa shape index (κ2) is 7.32. The van der Waals surface area contributed by atoms with Crippen molar-refractivity contribution < 1.29 is 4.79 Å². The Balaban J connectivity index is 1.87. The summed E-state index contributed by atoms with van der Waals surface area (Å²) < 4.78 is 0. The fraction of sp³-hybridized carbons (Fsp3) is 0.588. The monoisotopic (exact) mass is 259 g/mol. The SMILES string of the molecule is CCCCc1ccc(C(=O)NC2CCCCC2)cc1. The molecule has 1 fully saturated rings. The van der Waals surface area contributed by atoms with Crippen molar-refractivity contribution in [2.24, 2.45) is 0 Å². The van der Waals surface area contributed by atoms with Crippen LogP contribution in [0, 0.1) is 0 Å². The Morgan fingerprint density at radius 1 is 1.16 bits per heavy atom. The van der Waals surface area contributed by atoms with E-state index in [-0.39, 0.29) is 5.91 Å². The molecule has 2 rings (SSSR count). The molecular weight excluding hydrogens is 234 g/mol. The Labute approximate surface area is 116 Å². The summed E-state index contributed by atoms with van der Waals surface area (Å²) >= 11 is 0. The maximum Gasteiger partial charge on any atom is 0.251 e. The lowest BCUT2D eigenvalue weighted by Crippen LogP contribution is -2.36. The third kappa shape index (κ3) is 4.38. The Kier molecular flexibility index (Phi) is 5.44. The molecule has 1 aliphatic carbocycles. The van der Waals surface area contributed by atoms with Gasteiger partial charge in [-0.3, -0.25) is 4.79 Å². The molecule has 104 valence electrons. The van der Waals surface area contributed by atoms with E-state index >= 15 is 0 Å². The maximum atomic E-state index is 12.1. The van der Waals surface area contributed by atoms with Gasteiger partial charge in [-0.2, -0.15) is 0 Å². The number of amides is 1. The zero-order valence-corrected chi connectivity index (χ0v) is 12.0. The van der Waals surface area contributed by atoms with Gasteiger partial charge < -0.3 is 5.32 Å². The van der Waals surface area contributed by atoms with Crippen molar-refractivity contribution in [3.63, 3.8) is 0 Å². The number of nitrogens with one attached hydrogen (secondary N) is 1. The standard InChI is InChI=1S/C17H25NO/c1-2-3-7-14-10-12-15(13-11-14)17(19)18-16-8-5-4-6-9-16/h10-13,16H,2-9H2,1H3,(H,18,19). The van der Waals surface area contributed by atoms with E-state index in [2.05, 4.69) is 24.4 Å². The van der Waals surface area contributed by atoms with E-state index in [1.807, 2.05) is 12.1 Å². The Morgan fingerprint density at radius 2 is 1.84 bits per heavy atom. The highest BCUT2D eigenvalue weighted by Gasteiger charge is 2.16. The van der Waals surface area contributed by atoms with E-state index in [9.17, 15) is 4.79 Å². The summed E-state index contributed by atoms with van der Waals surface area (Å²) in [5.74, 6) is 0.0916. The van der Waals surface area contributed by atoms with E-state index < -0.39 is 0 Å². The van der Waals surface area contributed by atoms with Crippen molar-refractivity contribution in [2.75, 3.05) is 0 Å². The van der Waals surface area contributed by atoms with Gasteiger partial charge in [-0.25, -0.2) is 0 Å². The average molecular weight is 259 g/mol. The quantitative estimate of drug-likeness (QED) is 0.847. The Bertz CT molecular complexity index is 390. The van der Waals surface area contributed by atoms with Gasteiger partial charge in [0.05, 0.1) is 0 Å². The summed E-state index contributed by atoms with van der Waals surface area (Å²) in [5, 5.41) is 3.16. The normalized spacial score (nSPS) is 16.3. The van der Waals surface area contributed by atoms with Gasteiger partial charge in [0, 0.05) is 11.6 Å². The minimum atomic E-state index is 0.0916. The molecule has 0 heterocycles. The number of hydrogen-bond acceptors (Lipinski definition) is 1. The molecule has 1 aliphatic rings. The minimum absolute atomic E-state index is 0.0916. The van der Waals surface area contributed by atoms with Crippen LogP contribution in [0.1, 0.15) is 67.8 Å². The first-order valence-electron chi connectivity index (χ1n) is 7.69. The van der Waals surface area contributed by atoms with Crippen molar-refractivity contribution in [3.8, 4) is 0 Å². The number of aryl methyl sites for hydroxylation is 1. The molecule has 0 atom stereocenters. The van der Waals surface area contributed by atoms with Gasteiger partial charge in [0.1, 0.15) is 0 Å². The summed E-state index contributed by atoms with van der Waals surface area (Å²) in [7, 11) is 0. The van der Waals surface area contributed by atoms with Crippen LogP contribution >= 0.6 is 0 Å². The van der Waals surface area contributed by atoms with Gasteiger partial charge in [0.2, 0.25) is 0 Å². The molecule has 2 heteroatoms. The molecule has 0 unspecified atom stereocenters. The molecule has 0 radical (unpaired) electrons. The molecular formula is C17H25NO. The van der Waals surface area contributed by atoms with Crippen molar-refractivity contribution in [1.29, 1.82) is 0 Å². The molecule has 0 spiro atoms. The molecule has 19 heavy (non-hydrogen) atoms. The molecule has 1 aromatic carbocycles. The number of unbranched alkanes of at least 4 members (excludes halogenated alkanes) is 1. The first kappa shape index (κ1) is 14.1. The molecule has 1 amide bonds. The van der Waals surface area contributed by atoms with Crippen molar-refractivity contribution in [3.05, 3.63) is 35.4 Å². The van der Waals surface area contributed by atoms with E-state index in [1.54, 1.807) is 0 Å². The topological polar surface area (TPSA) is 29.1 Å². The van der Waals surface area contributed by atoms with E-state index in [0.717, 1.165) is 24.8 Å². The first-order valence-corrected chi connectivity index (χ1v) is 7.69. The molecule has 1 N–H and O–H groups in total. The van der Waals surface area contributed by atoms with Crippen LogP contribution in [0.2, 0.25) is 0 Å². The van der Waals surface area contributed by atoms with Crippen LogP contribution in [0.5, 0.6) is 0 Å². The Morgan fingerprint density at radius 3 is 2.47 bits per heavy atom. The molecule has 0 bridgehead atoms. The molecule has 0 aliphatic heterocycles. The number of hydrogen-bond donors (Lipinski definition) is 1. The second-order valence-electron chi connectivity index (χ2n) is 5.61. The van der Waals surface area contributed by atoms with Gasteiger partial charge in [-0.1, -0.05) is 44.7 Å². The summed E-state index contributed by atoms with van der Waals surface area (Å²) in [4.78, 5) is 12.1. The van der Waals surface area contributed by atoms with Crippen molar-refractivity contribution in [2.45, 2.75) is 64.3 Å². The first-order chi connectivity index (χ1) is 9.29. The van der Waals surface area contributed by atoms with Gasteiger partial charge >= 0.3 is 0 Å². The predicted octanol–water partition coefficient (Wildman–Crippen LogP) is 4.09. The van der Waals surface area contributed by atoms with Crippen LogP contribution in [-0.2, 0) is 6.42 Å².